The molecule has 0 aliphatic heterocycles. The van der Waals surface area contributed by atoms with Gasteiger partial charge in [0.2, 0.25) is 5.88 Å². The first kappa shape index (κ1) is 17.6. The first-order valence-electron chi connectivity index (χ1n) is 6.92. The van der Waals surface area contributed by atoms with Gasteiger partial charge in [-0.1, -0.05) is 6.92 Å². The van der Waals surface area contributed by atoms with Gasteiger partial charge in [0.15, 0.2) is 0 Å². The van der Waals surface area contributed by atoms with E-state index in [2.05, 4.69) is 15.4 Å². The number of nitrogens with one attached hydrogen (secondary N) is 1. The Morgan fingerprint density at radius 3 is 2.33 bits per heavy atom. The van der Waals surface area contributed by atoms with Crippen LogP contribution < -0.4 is 16.0 Å². The number of aryl methyl sites for hydroxylation is 1. The van der Waals surface area contributed by atoms with Gasteiger partial charge >= 0.3 is 0 Å². The number of nitrogens with two attached hydrogens (primary N) is 1. The van der Waals surface area contributed by atoms with E-state index in [1.807, 2.05) is 6.92 Å². The van der Waals surface area contributed by atoms with Crippen molar-refractivity contribution in [3.63, 3.8) is 0 Å². The fourth-order valence-corrected chi connectivity index (χ4v) is 1.45. The van der Waals surface area contributed by atoms with Crippen LogP contribution in [0.15, 0.2) is 6.07 Å². The topological polar surface area (TPSA) is 101 Å². The summed E-state index contributed by atoms with van der Waals surface area (Å²) >= 11 is 0. The van der Waals surface area contributed by atoms with Gasteiger partial charge in [0.25, 0.3) is 0 Å². The number of hydrogen-bond donors (Lipinski definition) is 2. The van der Waals surface area contributed by atoms with Crippen LogP contribution in [0.5, 0.6) is 5.88 Å². The molecule has 0 spiro atoms. The van der Waals surface area contributed by atoms with Gasteiger partial charge in [0, 0.05) is 19.6 Å². The van der Waals surface area contributed by atoms with E-state index in [9.17, 15) is 0 Å². The molecule has 0 saturated carbocycles. The fourth-order valence-electron chi connectivity index (χ4n) is 1.45. The lowest BCUT2D eigenvalue weighted by molar-refractivity contribution is 0.0176. The molecule has 0 aliphatic rings. The standard InChI is InChI=1S/C13H24N4O4/c1-3-11-15-12(17-14)10-13(16-11)21-9-8-20-7-6-19-5-4-18-2/h10H,3-9,14H2,1-2H3,(H,15,16,17). The highest BCUT2D eigenvalue weighted by Crippen LogP contribution is 2.12. The fraction of sp³-hybridized carbons (Fsp3) is 0.692. The lowest BCUT2D eigenvalue weighted by Crippen LogP contribution is -2.14. The van der Waals surface area contributed by atoms with Crippen molar-refractivity contribution in [1.82, 2.24) is 9.97 Å². The van der Waals surface area contributed by atoms with Crippen molar-refractivity contribution in [2.24, 2.45) is 5.84 Å². The third kappa shape index (κ3) is 7.76. The van der Waals surface area contributed by atoms with Gasteiger partial charge in [-0.3, -0.25) is 0 Å². The molecule has 1 heterocycles. The first-order chi connectivity index (χ1) is 10.3. The Bertz CT molecular complexity index is 370. The van der Waals surface area contributed by atoms with E-state index in [0.717, 1.165) is 0 Å². The summed E-state index contributed by atoms with van der Waals surface area (Å²) in [5.74, 6) is 7.03. The number of rotatable bonds is 12. The number of nitrogens with zero attached hydrogens (tertiary/aromatic N) is 2. The Kier molecular flexibility index (Phi) is 9.38. The third-order valence-corrected chi connectivity index (χ3v) is 2.49. The highest BCUT2D eigenvalue weighted by atomic mass is 16.6. The van der Waals surface area contributed by atoms with E-state index in [0.29, 0.717) is 63.6 Å². The van der Waals surface area contributed by atoms with Crippen molar-refractivity contribution in [3.8, 4) is 5.88 Å². The maximum Gasteiger partial charge on any atom is 0.218 e. The summed E-state index contributed by atoms with van der Waals surface area (Å²) in [5.41, 5.74) is 2.49. The lowest BCUT2D eigenvalue weighted by atomic mass is 10.4. The van der Waals surface area contributed by atoms with Crippen LogP contribution >= 0.6 is 0 Å². The quantitative estimate of drug-likeness (QED) is 0.325. The predicted molar refractivity (Wildman–Crippen MR) is 78.2 cm³/mol. The van der Waals surface area contributed by atoms with Crippen molar-refractivity contribution in [3.05, 3.63) is 11.9 Å². The SMILES string of the molecule is CCc1nc(NN)cc(OCCOCCOCCOC)n1. The van der Waals surface area contributed by atoms with Crippen molar-refractivity contribution in [2.45, 2.75) is 13.3 Å². The highest BCUT2D eigenvalue weighted by Gasteiger charge is 2.03. The smallest absolute Gasteiger partial charge is 0.218 e. The van der Waals surface area contributed by atoms with Crippen LogP contribution in [-0.2, 0) is 20.6 Å². The maximum atomic E-state index is 5.50. The molecule has 0 aromatic carbocycles. The molecule has 1 aromatic rings. The average Bonchev–Trinajstić information content (AvgIpc) is 2.52. The molecule has 0 atom stereocenters. The van der Waals surface area contributed by atoms with Gasteiger partial charge in [-0.05, 0) is 0 Å². The van der Waals surface area contributed by atoms with Crippen LogP contribution in [-0.4, -0.2) is 56.7 Å². The zero-order valence-electron chi connectivity index (χ0n) is 12.6. The monoisotopic (exact) mass is 300 g/mol. The average molecular weight is 300 g/mol. The second-order valence-corrected chi connectivity index (χ2v) is 4.07. The molecule has 0 aliphatic carbocycles. The minimum atomic E-state index is 0.405. The van der Waals surface area contributed by atoms with Crippen LogP contribution in [0.2, 0.25) is 0 Å². The minimum absolute atomic E-state index is 0.405. The van der Waals surface area contributed by atoms with Crippen LogP contribution in [0.4, 0.5) is 5.82 Å². The molecule has 1 aromatic heterocycles. The molecule has 21 heavy (non-hydrogen) atoms. The third-order valence-electron chi connectivity index (χ3n) is 2.49. The zero-order chi connectivity index (χ0) is 15.3. The van der Waals surface area contributed by atoms with Crippen molar-refractivity contribution < 1.29 is 18.9 Å². The Balaban J connectivity index is 2.15. The largest absolute Gasteiger partial charge is 0.475 e. The summed E-state index contributed by atoms with van der Waals surface area (Å²) in [6, 6.07) is 1.65. The molecule has 0 fully saturated rings. The number of hydrazine groups is 1. The molecule has 0 radical (unpaired) electrons. The molecular weight excluding hydrogens is 276 g/mol. The zero-order valence-corrected chi connectivity index (χ0v) is 12.6. The molecular formula is C13H24N4O4. The van der Waals surface area contributed by atoms with Crippen molar-refractivity contribution in [2.75, 3.05) is 52.2 Å². The summed E-state index contributed by atoms with van der Waals surface area (Å²) in [6.45, 7) is 5.06. The van der Waals surface area contributed by atoms with Gasteiger partial charge in [0.05, 0.1) is 33.0 Å². The summed E-state index contributed by atoms with van der Waals surface area (Å²) in [6.07, 6.45) is 0.710. The second kappa shape index (κ2) is 11.2. The minimum Gasteiger partial charge on any atom is -0.475 e. The Morgan fingerprint density at radius 1 is 1.05 bits per heavy atom. The Morgan fingerprint density at radius 2 is 1.71 bits per heavy atom. The predicted octanol–water partition coefficient (Wildman–Crippen LogP) is 0.383. The Hall–Kier alpha value is -1.48. The summed E-state index contributed by atoms with van der Waals surface area (Å²) in [7, 11) is 1.64. The Labute approximate surface area is 124 Å². The number of methoxy groups -OCH3 is 1. The van der Waals surface area contributed by atoms with E-state index in [1.54, 1.807) is 13.2 Å². The number of anilines is 1. The maximum absolute atomic E-state index is 5.50. The molecule has 1 rings (SSSR count). The summed E-state index contributed by atoms with van der Waals surface area (Å²) in [5, 5.41) is 0. The number of ether oxygens (including phenoxy) is 4. The van der Waals surface area contributed by atoms with E-state index in [4.69, 9.17) is 24.8 Å². The number of nitrogen functional groups attached to an aromatic ring is 1. The van der Waals surface area contributed by atoms with Crippen LogP contribution in [0.3, 0.4) is 0 Å². The summed E-state index contributed by atoms with van der Waals surface area (Å²) in [4.78, 5) is 8.42. The molecule has 3 N–H and O–H groups in total. The molecule has 0 bridgehead atoms. The van der Waals surface area contributed by atoms with Gasteiger partial charge in [-0.2, -0.15) is 4.98 Å². The van der Waals surface area contributed by atoms with Crippen molar-refractivity contribution >= 4 is 5.82 Å². The van der Waals surface area contributed by atoms with Gasteiger partial charge in [0.1, 0.15) is 18.2 Å². The second-order valence-electron chi connectivity index (χ2n) is 4.07. The van der Waals surface area contributed by atoms with Crippen LogP contribution in [0, 0.1) is 0 Å². The molecule has 0 amide bonds. The van der Waals surface area contributed by atoms with E-state index >= 15 is 0 Å². The number of hydrogen-bond acceptors (Lipinski definition) is 8. The van der Waals surface area contributed by atoms with E-state index < -0.39 is 0 Å². The molecule has 8 heteroatoms. The molecule has 8 nitrogen and oxygen atoms in total. The lowest BCUT2D eigenvalue weighted by Gasteiger charge is -2.09. The van der Waals surface area contributed by atoms with Gasteiger partial charge < -0.3 is 24.4 Å². The van der Waals surface area contributed by atoms with Gasteiger partial charge in [-0.15, -0.1) is 0 Å². The summed E-state index contributed by atoms with van der Waals surface area (Å²) < 4.78 is 21.0. The van der Waals surface area contributed by atoms with Crippen molar-refractivity contribution in [1.29, 1.82) is 0 Å². The molecule has 120 valence electrons. The molecule has 0 saturated heterocycles. The number of aromatic nitrogens is 2. The highest BCUT2D eigenvalue weighted by molar-refractivity contribution is 5.36. The van der Waals surface area contributed by atoms with Gasteiger partial charge in [-0.25, -0.2) is 10.8 Å². The molecule has 0 unspecified atom stereocenters. The van der Waals surface area contributed by atoms with E-state index in [-0.39, 0.29) is 0 Å². The van der Waals surface area contributed by atoms with Crippen LogP contribution in [0.25, 0.3) is 0 Å². The first-order valence-corrected chi connectivity index (χ1v) is 6.92. The van der Waals surface area contributed by atoms with Crippen LogP contribution in [0.1, 0.15) is 12.7 Å². The van der Waals surface area contributed by atoms with E-state index in [1.165, 1.54) is 0 Å². The normalized spacial score (nSPS) is 10.6.